The summed E-state index contributed by atoms with van der Waals surface area (Å²) >= 11 is 0. The minimum Gasteiger partial charge on any atom is -0.545 e. The SMILES string of the molecule is COc1cccc([C@H]2Nc3ccc(C(=O)[O-])cc3[C@@H]3C=CC[C@@H]23)c1. The molecule has 0 amide bonds. The van der Waals surface area contributed by atoms with Crippen LogP contribution in [0.5, 0.6) is 5.75 Å². The Balaban J connectivity index is 1.76. The van der Waals surface area contributed by atoms with E-state index in [1.54, 1.807) is 19.2 Å². The Morgan fingerprint density at radius 2 is 2.12 bits per heavy atom. The van der Waals surface area contributed by atoms with Crippen LogP contribution in [-0.4, -0.2) is 13.1 Å². The van der Waals surface area contributed by atoms with Crippen LogP contribution in [-0.2, 0) is 0 Å². The summed E-state index contributed by atoms with van der Waals surface area (Å²) in [6.07, 6.45) is 5.34. The predicted octanol–water partition coefficient (Wildman–Crippen LogP) is 2.89. The van der Waals surface area contributed by atoms with E-state index in [1.807, 2.05) is 18.2 Å². The molecule has 4 nitrogen and oxygen atoms in total. The standard InChI is InChI=1S/C20H19NO3/c1-24-14-5-2-4-12(10-14)19-16-7-3-6-15(16)17-11-13(20(22)23)8-9-18(17)21-19/h2-6,8-11,15-16,19,21H,7H2,1H3,(H,22,23)/p-1/t15-,16-,19-/m1/s1. The maximum atomic E-state index is 11.2. The Kier molecular flexibility index (Phi) is 3.53. The van der Waals surface area contributed by atoms with E-state index in [-0.39, 0.29) is 17.5 Å². The van der Waals surface area contributed by atoms with Crippen LogP contribution in [0.3, 0.4) is 0 Å². The number of nitrogens with one attached hydrogen (secondary N) is 1. The van der Waals surface area contributed by atoms with Gasteiger partial charge in [-0.3, -0.25) is 0 Å². The van der Waals surface area contributed by atoms with Gasteiger partial charge in [-0.15, -0.1) is 0 Å². The minimum atomic E-state index is -1.13. The topological polar surface area (TPSA) is 61.4 Å². The molecule has 0 saturated carbocycles. The largest absolute Gasteiger partial charge is 0.545 e. The third-order valence-corrected chi connectivity index (χ3v) is 5.05. The van der Waals surface area contributed by atoms with Gasteiger partial charge in [0.05, 0.1) is 19.1 Å². The summed E-state index contributed by atoms with van der Waals surface area (Å²) in [4.78, 5) is 11.2. The summed E-state index contributed by atoms with van der Waals surface area (Å²) in [5.74, 6) is 0.291. The second-order valence-corrected chi connectivity index (χ2v) is 6.34. The van der Waals surface area contributed by atoms with E-state index in [2.05, 4.69) is 29.6 Å². The van der Waals surface area contributed by atoms with Crippen molar-refractivity contribution in [1.29, 1.82) is 0 Å². The molecule has 0 bridgehead atoms. The first kappa shape index (κ1) is 14.8. The second-order valence-electron chi connectivity index (χ2n) is 6.34. The molecule has 1 aliphatic heterocycles. The number of ether oxygens (including phenoxy) is 1. The zero-order valence-electron chi connectivity index (χ0n) is 13.4. The highest BCUT2D eigenvalue weighted by Gasteiger charge is 2.38. The van der Waals surface area contributed by atoms with E-state index < -0.39 is 5.97 Å². The molecule has 4 rings (SSSR count). The third kappa shape index (κ3) is 2.35. The van der Waals surface area contributed by atoms with Gasteiger partial charge in [-0.2, -0.15) is 0 Å². The van der Waals surface area contributed by atoms with Crippen LogP contribution in [0.25, 0.3) is 0 Å². The molecule has 1 N–H and O–H groups in total. The molecule has 0 aromatic heterocycles. The highest BCUT2D eigenvalue weighted by Crippen LogP contribution is 2.50. The average molecular weight is 320 g/mol. The average Bonchev–Trinajstić information content (AvgIpc) is 3.10. The van der Waals surface area contributed by atoms with Crippen molar-refractivity contribution in [2.45, 2.75) is 18.4 Å². The number of benzene rings is 2. The Hall–Kier alpha value is -2.75. The number of allylic oxidation sites excluding steroid dienone is 2. The molecule has 4 heteroatoms. The molecule has 3 atom stereocenters. The Morgan fingerprint density at radius 3 is 2.92 bits per heavy atom. The zero-order chi connectivity index (χ0) is 16.7. The molecule has 0 fully saturated rings. The monoisotopic (exact) mass is 320 g/mol. The Bertz CT molecular complexity index is 827. The number of aromatic carboxylic acids is 1. The number of hydrogen-bond acceptors (Lipinski definition) is 4. The van der Waals surface area contributed by atoms with Gasteiger partial charge in [0.1, 0.15) is 5.75 Å². The predicted molar refractivity (Wildman–Crippen MR) is 90.1 cm³/mol. The zero-order valence-corrected chi connectivity index (χ0v) is 13.4. The lowest BCUT2D eigenvalue weighted by Gasteiger charge is -2.38. The summed E-state index contributed by atoms with van der Waals surface area (Å²) in [6, 6.07) is 13.5. The molecule has 2 aromatic rings. The highest BCUT2D eigenvalue weighted by molar-refractivity contribution is 5.87. The van der Waals surface area contributed by atoms with E-state index in [9.17, 15) is 9.90 Å². The van der Waals surface area contributed by atoms with Crippen molar-refractivity contribution in [3.05, 3.63) is 71.3 Å². The summed E-state index contributed by atoms with van der Waals surface area (Å²) in [5, 5.41) is 14.8. The number of rotatable bonds is 3. The summed E-state index contributed by atoms with van der Waals surface area (Å²) < 4.78 is 5.35. The first-order valence-corrected chi connectivity index (χ1v) is 8.10. The number of carbonyl (C=O) groups excluding carboxylic acids is 1. The molecule has 0 saturated heterocycles. The van der Waals surface area contributed by atoms with E-state index in [4.69, 9.17) is 4.74 Å². The van der Waals surface area contributed by atoms with Crippen molar-refractivity contribution in [2.24, 2.45) is 5.92 Å². The van der Waals surface area contributed by atoms with Gasteiger partial charge in [0.15, 0.2) is 0 Å². The Morgan fingerprint density at radius 1 is 1.25 bits per heavy atom. The number of anilines is 1. The molecule has 0 radical (unpaired) electrons. The van der Waals surface area contributed by atoms with Crippen molar-refractivity contribution >= 4 is 11.7 Å². The molecule has 122 valence electrons. The van der Waals surface area contributed by atoms with Crippen molar-refractivity contribution < 1.29 is 14.6 Å². The van der Waals surface area contributed by atoms with Crippen LogP contribution in [0, 0.1) is 5.92 Å². The van der Waals surface area contributed by atoms with E-state index in [0.717, 1.165) is 23.4 Å². The fraction of sp³-hybridized carbons (Fsp3) is 0.250. The van der Waals surface area contributed by atoms with Crippen LogP contribution >= 0.6 is 0 Å². The molecule has 1 heterocycles. The van der Waals surface area contributed by atoms with E-state index in [1.165, 1.54) is 5.56 Å². The molecule has 2 aliphatic rings. The molecule has 2 aromatic carbocycles. The maximum absolute atomic E-state index is 11.2. The van der Waals surface area contributed by atoms with Gasteiger partial charge in [-0.25, -0.2) is 0 Å². The summed E-state index contributed by atoms with van der Waals surface area (Å²) in [6.45, 7) is 0. The fourth-order valence-electron chi connectivity index (χ4n) is 3.89. The highest BCUT2D eigenvalue weighted by atomic mass is 16.5. The molecule has 24 heavy (non-hydrogen) atoms. The van der Waals surface area contributed by atoms with Gasteiger partial charge in [0, 0.05) is 11.6 Å². The summed E-state index contributed by atoms with van der Waals surface area (Å²) in [7, 11) is 1.67. The van der Waals surface area contributed by atoms with Gasteiger partial charge in [-0.1, -0.05) is 30.4 Å². The lowest BCUT2D eigenvalue weighted by molar-refractivity contribution is -0.255. The maximum Gasteiger partial charge on any atom is 0.119 e. The number of hydrogen-bond donors (Lipinski definition) is 1. The van der Waals surface area contributed by atoms with Gasteiger partial charge in [0.25, 0.3) is 0 Å². The smallest absolute Gasteiger partial charge is 0.119 e. The van der Waals surface area contributed by atoms with Crippen molar-refractivity contribution in [3.63, 3.8) is 0 Å². The minimum absolute atomic E-state index is 0.168. The van der Waals surface area contributed by atoms with Gasteiger partial charge in [-0.05, 0) is 53.3 Å². The molecule has 0 spiro atoms. The number of methoxy groups -OCH3 is 1. The second kappa shape index (κ2) is 5.71. The van der Waals surface area contributed by atoms with E-state index >= 15 is 0 Å². The van der Waals surface area contributed by atoms with Crippen molar-refractivity contribution in [2.75, 3.05) is 12.4 Å². The quantitative estimate of drug-likeness (QED) is 0.883. The number of carbonyl (C=O) groups is 1. The van der Waals surface area contributed by atoms with Crippen LogP contribution < -0.4 is 15.2 Å². The normalized spacial score (nSPS) is 24.0. The number of carboxylic acid groups (broad SMARTS) is 1. The third-order valence-electron chi connectivity index (χ3n) is 5.05. The van der Waals surface area contributed by atoms with Crippen LogP contribution in [0.1, 0.15) is 39.9 Å². The van der Waals surface area contributed by atoms with Crippen LogP contribution in [0.4, 0.5) is 5.69 Å². The van der Waals surface area contributed by atoms with Crippen molar-refractivity contribution in [3.8, 4) is 5.75 Å². The number of fused-ring (bicyclic) bond motifs is 3. The lowest BCUT2D eigenvalue weighted by Crippen LogP contribution is -2.30. The van der Waals surface area contributed by atoms with Gasteiger partial charge in [0.2, 0.25) is 0 Å². The van der Waals surface area contributed by atoms with Gasteiger partial charge >= 0.3 is 0 Å². The molecular formula is C20H18NO3-. The van der Waals surface area contributed by atoms with E-state index in [0.29, 0.717) is 5.92 Å². The van der Waals surface area contributed by atoms with Crippen LogP contribution in [0.15, 0.2) is 54.6 Å². The molecule has 1 aliphatic carbocycles. The van der Waals surface area contributed by atoms with Crippen molar-refractivity contribution in [1.82, 2.24) is 0 Å². The first-order valence-electron chi connectivity index (χ1n) is 8.10. The molecule has 0 unspecified atom stereocenters. The summed E-state index contributed by atoms with van der Waals surface area (Å²) in [5.41, 5.74) is 3.44. The fourth-order valence-corrected chi connectivity index (χ4v) is 3.89. The Labute approximate surface area is 140 Å². The lowest BCUT2D eigenvalue weighted by atomic mass is 9.76. The number of carboxylic acids is 1. The molecular weight excluding hydrogens is 302 g/mol. The first-order chi connectivity index (χ1) is 11.7. The van der Waals surface area contributed by atoms with Crippen LogP contribution in [0.2, 0.25) is 0 Å². The van der Waals surface area contributed by atoms with Gasteiger partial charge < -0.3 is 20.0 Å².